The molecule has 0 aliphatic heterocycles. The van der Waals surface area contributed by atoms with E-state index < -0.39 is 18.1 Å². The van der Waals surface area contributed by atoms with Crippen molar-refractivity contribution in [2.75, 3.05) is 14.2 Å². The number of rotatable bonds is 6. The van der Waals surface area contributed by atoms with E-state index in [9.17, 15) is 9.59 Å². The number of amides is 1. The number of esters is 1. The maximum atomic E-state index is 12.0. The quantitative estimate of drug-likeness (QED) is 0.753. The van der Waals surface area contributed by atoms with Crippen molar-refractivity contribution in [1.82, 2.24) is 9.88 Å². The molecular weight excluding hydrogens is 272 g/mol. The summed E-state index contributed by atoms with van der Waals surface area (Å²) in [5.74, 6) is -0.188. The van der Waals surface area contributed by atoms with E-state index in [1.807, 2.05) is 19.9 Å². The van der Waals surface area contributed by atoms with Crippen LogP contribution in [0.4, 0.5) is 4.79 Å². The Morgan fingerprint density at radius 1 is 1.38 bits per heavy atom. The number of carbonyl (C=O) groups excluding carboxylic acids is 2. The predicted molar refractivity (Wildman–Crippen MR) is 77.4 cm³/mol. The maximum Gasteiger partial charge on any atom is 0.410 e. The zero-order chi connectivity index (χ0) is 15.8. The fourth-order valence-electron chi connectivity index (χ4n) is 1.85. The first kappa shape index (κ1) is 16.9. The van der Waals surface area contributed by atoms with Gasteiger partial charge < -0.3 is 9.47 Å². The third-order valence-corrected chi connectivity index (χ3v) is 3.01. The Kier molecular flexibility index (Phi) is 6.65. The van der Waals surface area contributed by atoms with Crippen molar-refractivity contribution in [2.45, 2.75) is 32.9 Å². The highest BCUT2D eigenvalue weighted by Crippen LogP contribution is 2.13. The molecule has 0 aliphatic rings. The third kappa shape index (κ3) is 5.41. The van der Waals surface area contributed by atoms with Crippen LogP contribution in [0.2, 0.25) is 0 Å². The molecule has 1 amide bonds. The highest BCUT2D eigenvalue weighted by Gasteiger charge is 2.29. The molecule has 1 aromatic heterocycles. The number of hydrogen-bond donors (Lipinski definition) is 0. The molecule has 1 heterocycles. The van der Waals surface area contributed by atoms with Crippen LogP contribution >= 0.6 is 0 Å². The second kappa shape index (κ2) is 8.24. The van der Waals surface area contributed by atoms with Gasteiger partial charge in [0.15, 0.2) is 0 Å². The van der Waals surface area contributed by atoms with Crippen LogP contribution in [0.3, 0.4) is 0 Å². The van der Waals surface area contributed by atoms with Crippen LogP contribution in [-0.4, -0.2) is 42.1 Å². The van der Waals surface area contributed by atoms with E-state index in [2.05, 4.69) is 4.98 Å². The number of nitrogens with zero attached hydrogens (tertiary/aromatic N) is 2. The van der Waals surface area contributed by atoms with Crippen LogP contribution in [-0.2, 0) is 20.9 Å². The van der Waals surface area contributed by atoms with Gasteiger partial charge in [-0.15, -0.1) is 0 Å². The molecule has 21 heavy (non-hydrogen) atoms. The number of carbonyl (C=O) groups is 2. The van der Waals surface area contributed by atoms with Crippen LogP contribution in [0.1, 0.15) is 25.8 Å². The molecule has 1 atom stereocenters. The van der Waals surface area contributed by atoms with Crippen LogP contribution in [0, 0.1) is 5.92 Å². The van der Waals surface area contributed by atoms with E-state index in [1.165, 1.54) is 19.1 Å². The van der Waals surface area contributed by atoms with E-state index >= 15 is 0 Å². The summed E-state index contributed by atoms with van der Waals surface area (Å²) in [5.41, 5.74) is 0.790. The molecule has 1 rings (SSSR count). The number of hydrogen-bond acceptors (Lipinski definition) is 5. The smallest absolute Gasteiger partial charge is 0.410 e. The predicted octanol–water partition coefficient (Wildman–Crippen LogP) is 2.24. The van der Waals surface area contributed by atoms with Gasteiger partial charge in [0.1, 0.15) is 12.6 Å². The van der Waals surface area contributed by atoms with Gasteiger partial charge in [-0.25, -0.2) is 9.59 Å². The maximum absolute atomic E-state index is 12.0. The lowest BCUT2D eigenvalue weighted by Gasteiger charge is -2.26. The number of likely N-dealkylation sites (N-methyl/N-ethyl adjacent to an activating group) is 1. The lowest BCUT2D eigenvalue weighted by molar-refractivity contribution is -0.146. The summed E-state index contributed by atoms with van der Waals surface area (Å²) in [4.78, 5) is 29.0. The number of aromatic nitrogens is 1. The van der Waals surface area contributed by atoms with Gasteiger partial charge in [0.05, 0.1) is 7.11 Å². The minimum Gasteiger partial charge on any atom is -0.467 e. The Hall–Kier alpha value is -2.11. The Balaban J connectivity index is 2.63. The number of ether oxygens (including phenoxy) is 2. The minimum atomic E-state index is -0.642. The molecule has 0 spiro atoms. The molecule has 116 valence electrons. The van der Waals surface area contributed by atoms with Gasteiger partial charge >= 0.3 is 12.1 Å². The topological polar surface area (TPSA) is 68.7 Å². The van der Waals surface area contributed by atoms with Crippen LogP contribution < -0.4 is 0 Å². The minimum absolute atomic E-state index is 0.118. The van der Waals surface area contributed by atoms with Gasteiger partial charge in [-0.3, -0.25) is 9.88 Å². The molecule has 0 bridgehead atoms. The van der Waals surface area contributed by atoms with Gasteiger partial charge in [-0.2, -0.15) is 0 Å². The Morgan fingerprint density at radius 3 is 2.62 bits per heavy atom. The summed E-state index contributed by atoms with van der Waals surface area (Å²) >= 11 is 0. The van der Waals surface area contributed by atoms with Gasteiger partial charge in [-0.1, -0.05) is 19.9 Å². The standard InChI is InChI=1S/C15H22N2O4/c1-11(2)8-13(14(18)20-4)17(3)15(19)21-10-12-6-5-7-16-9-12/h5-7,9,11,13H,8,10H2,1-4H3. The van der Waals surface area contributed by atoms with Crippen LogP contribution in [0.25, 0.3) is 0 Å². The summed E-state index contributed by atoms with van der Waals surface area (Å²) in [6.45, 7) is 4.07. The average Bonchev–Trinajstić information content (AvgIpc) is 2.49. The fourth-order valence-corrected chi connectivity index (χ4v) is 1.85. The lowest BCUT2D eigenvalue weighted by atomic mass is 10.0. The van der Waals surface area contributed by atoms with E-state index in [1.54, 1.807) is 18.5 Å². The summed E-state index contributed by atoms with van der Waals surface area (Å²) in [6, 6.07) is 2.94. The normalized spacial score (nSPS) is 11.9. The first-order valence-corrected chi connectivity index (χ1v) is 6.82. The lowest BCUT2D eigenvalue weighted by Crippen LogP contribution is -2.44. The third-order valence-electron chi connectivity index (χ3n) is 3.01. The highest BCUT2D eigenvalue weighted by atomic mass is 16.6. The number of pyridine rings is 1. The second-order valence-corrected chi connectivity index (χ2v) is 5.20. The molecule has 0 saturated heterocycles. The van der Waals surface area contributed by atoms with Crippen molar-refractivity contribution in [2.24, 2.45) is 5.92 Å². The Bertz CT molecular complexity index is 462. The first-order valence-electron chi connectivity index (χ1n) is 6.82. The van der Waals surface area contributed by atoms with Crippen molar-refractivity contribution in [1.29, 1.82) is 0 Å². The van der Waals surface area contributed by atoms with Crippen molar-refractivity contribution < 1.29 is 19.1 Å². The van der Waals surface area contributed by atoms with Gasteiger partial charge in [0.2, 0.25) is 0 Å². The van der Waals surface area contributed by atoms with E-state index in [-0.39, 0.29) is 12.5 Å². The van der Waals surface area contributed by atoms with Crippen molar-refractivity contribution in [3.8, 4) is 0 Å². The fraction of sp³-hybridized carbons (Fsp3) is 0.533. The molecule has 6 heteroatoms. The van der Waals surface area contributed by atoms with Gasteiger partial charge in [-0.05, 0) is 18.4 Å². The average molecular weight is 294 g/mol. The van der Waals surface area contributed by atoms with E-state index in [4.69, 9.17) is 9.47 Å². The Morgan fingerprint density at radius 2 is 2.10 bits per heavy atom. The van der Waals surface area contributed by atoms with E-state index in [0.717, 1.165) is 5.56 Å². The zero-order valence-electron chi connectivity index (χ0n) is 12.9. The van der Waals surface area contributed by atoms with Gasteiger partial charge in [0, 0.05) is 25.0 Å². The monoisotopic (exact) mass is 294 g/mol. The van der Waals surface area contributed by atoms with Crippen molar-refractivity contribution in [3.63, 3.8) is 0 Å². The first-order chi connectivity index (χ1) is 9.95. The second-order valence-electron chi connectivity index (χ2n) is 5.20. The molecule has 0 fully saturated rings. The molecule has 6 nitrogen and oxygen atoms in total. The summed E-state index contributed by atoms with van der Waals surface area (Å²) in [7, 11) is 2.85. The molecular formula is C15H22N2O4. The summed E-state index contributed by atoms with van der Waals surface area (Å²) in [5, 5.41) is 0. The SMILES string of the molecule is COC(=O)C(CC(C)C)N(C)C(=O)OCc1cccnc1. The zero-order valence-corrected chi connectivity index (χ0v) is 12.9. The summed E-state index contributed by atoms with van der Waals surface area (Å²) in [6.07, 6.45) is 3.23. The van der Waals surface area contributed by atoms with E-state index in [0.29, 0.717) is 6.42 Å². The molecule has 0 saturated carbocycles. The molecule has 0 aromatic carbocycles. The largest absolute Gasteiger partial charge is 0.467 e. The van der Waals surface area contributed by atoms with Crippen LogP contribution in [0.5, 0.6) is 0 Å². The number of methoxy groups -OCH3 is 1. The Labute approximate surface area is 125 Å². The molecule has 0 aliphatic carbocycles. The van der Waals surface area contributed by atoms with Crippen LogP contribution in [0.15, 0.2) is 24.5 Å². The molecule has 0 radical (unpaired) electrons. The van der Waals surface area contributed by atoms with Crippen molar-refractivity contribution >= 4 is 12.1 Å². The molecule has 1 aromatic rings. The molecule has 1 unspecified atom stereocenters. The van der Waals surface area contributed by atoms with Crippen molar-refractivity contribution in [3.05, 3.63) is 30.1 Å². The van der Waals surface area contributed by atoms with Gasteiger partial charge in [0.25, 0.3) is 0 Å². The summed E-state index contributed by atoms with van der Waals surface area (Å²) < 4.78 is 9.94. The molecule has 0 N–H and O–H groups in total. The highest BCUT2D eigenvalue weighted by molar-refractivity contribution is 5.81.